The van der Waals surface area contributed by atoms with E-state index in [-0.39, 0.29) is 12.3 Å². The fraction of sp³-hybridized carbons (Fsp3) is 0.176. The van der Waals surface area contributed by atoms with Gasteiger partial charge in [0, 0.05) is 4.47 Å². The van der Waals surface area contributed by atoms with Crippen LogP contribution in [0.1, 0.15) is 5.56 Å². The third-order valence-corrected chi connectivity index (χ3v) is 3.44. The molecule has 2 aromatic rings. The van der Waals surface area contributed by atoms with Crippen LogP contribution in [-0.2, 0) is 14.3 Å². The quantitative estimate of drug-likeness (QED) is 0.760. The molecule has 0 unspecified atom stereocenters. The van der Waals surface area contributed by atoms with Crippen molar-refractivity contribution in [2.24, 2.45) is 0 Å². The van der Waals surface area contributed by atoms with E-state index < -0.39 is 24.3 Å². The number of hydrogen-bond acceptors (Lipinski definition) is 4. The molecule has 2 aromatic carbocycles. The van der Waals surface area contributed by atoms with Crippen molar-refractivity contribution >= 4 is 33.5 Å². The number of carbonyl (C=O) groups is 2. The fourth-order valence-corrected chi connectivity index (χ4v) is 2.07. The van der Waals surface area contributed by atoms with Crippen LogP contribution in [0.15, 0.2) is 46.9 Å². The van der Waals surface area contributed by atoms with Gasteiger partial charge in [-0.05, 0) is 37.3 Å². The molecule has 0 aliphatic rings. The van der Waals surface area contributed by atoms with Crippen LogP contribution in [-0.4, -0.2) is 25.1 Å². The maximum Gasteiger partial charge on any atom is 0.344 e. The Morgan fingerprint density at radius 2 is 1.83 bits per heavy atom. The smallest absolute Gasteiger partial charge is 0.344 e. The lowest BCUT2D eigenvalue weighted by molar-refractivity contribution is -0.149. The van der Waals surface area contributed by atoms with Crippen LogP contribution in [0.2, 0.25) is 0 Å². The van der Waals surface area contributed by atoms with Crippen molar-refractivity contribution in [1.29, 1.82) is 0 Å². The van der Waals surface area contributed by atoms with Crippen LogP contribution in [0.25, 0.3) is 0 Å². The van der Waals surface area contributed by atoms with Crippen LogP contribution in [0.5, 0.6) is 5.75 Å². The van der Waals surface area contributed by atoms with Crippen molar-refractivity contribution in [2.45, 2.75) is 6.92 Å². The van der Waals surface area contributed by atoms with Crippen molar-refractivity contribution in [3.63, 3.8) is 0 Å². The van der Waals surface area contributed by atoms with E-state index in [1.165, 1.54) is 12.1 Å². The second kappa shape index (κ2) is 8.44. The molecule has 24 heavy (non-hydrogen) atoms. The highest BCUT2D eigenvalue weighted by Crippen LogP contribution is 2.19. The van der Waals surface area contributed by atoms with E-state index >= 15 is 0 Å². The van der Waals surface area contributed by atoms with E-state index in [4.69, 9.17) is 9.47 Å². The number of amides is 1. The minimum absolute atomic E-state index is 0.00940. The molecule has 1 amide bonds. The lowest BCUT2D eigenvalue weighted by atomic mass is 10.2. The zero-order valence-corrected chi connectivity index (χ0v) is 14.4. The van der Waals surface area contributed by atoms with Gasteiger partial charge in [-0.1, -0.05) is 33.6 Å². The summed E-state index contributed by atoms with van der Waals surface area (Å²) in [4.78, 5) is 23.2. The number of aryl methyl sites for hydroxylation is 1. The van der Waals surface area contributed by atoms with Crippen molar-refractivity contribution < 1.29 is 23.5 Å². The maximum atomic E-state index is 13.6. The predicted octanol–water partition coefficient (Wildman–Crippen LogP) is 3.46. The third-order valence-electron chi connectivity index (χ3n) is 2.95. The Balaban J connectivity index is 1.74. The number of nitrogens with one attached hydrogen (secondary N) is 1. The molecule has 0 heterocycles. The molecule has 5 nitrogen and oxygen atoms in total. The maximum absolute atomic E-state index is 13.6. The van der Waals surface area contributed by atoms with Crippen LogP contribution >= 0.6 is 15.9 Å². The first-order valence-corrected chi connectivity index (χ1v) is 7.83. The second-order valence-electron chi connectivity index (χ2n) is 4.93. The molecule has 0 saturated heterocycles. The van der Waals surface area contributed by atoms with Gasteiger partial charge in [0.05, 0.1) is 5.69 Å². The highest BCUT2D eigenvalue weighted by Gasteiger charge is 2.11. The first-order valence-electron chi connectivity index (χ1n) is 7.04. The van der Waals surface area contributed by atoms with Crippen molar-refractivity contribution in [2.75, 3.05) is 18.5 Å². The van der Waals surface area contributed by atoms with E-state index in [9.17, 15) is 14.0 Å². The van der Waals surface area contributed by atoms with Gasteiger partial charge in [0.25, 0.3) is 5.91 Å². The number of esters is 1. The van der Waals surface area contributed by atoms with Gasteiger partial charge in [-0.15, -0.1) is 0 Å². The minimum Gasteiger partial charge on any atom is -0.482 e. The summed E-state index contributed by atoms with van der Waals surface area (Å²) in [7, 11) is 0. The zero-order chi connectivity index (χ0) is 17.5. The Morgan fingerprint density at radius 1 is 1.12 bits per heavy atom. The lowest BCUT2D eigenvalue weighted by Gasteiger charge is -2.08. The summed E-state index contributed by atoms with van der Waals surface area (Å²) in [6, 6.07) is 11.4. The zero-order valence-electron chi connectivity index (χ0n) is 12.8. The van der Waals surface area contributed by atoms with Gasteiger partial charge in [-0.3, -0.25) is 4.79 Å². The van der Waals surface area contributed by atoms with Gasteiger partial charge < -0.3 is 14.8 Å². The molecule has 0 fully saturated rings. The first kappa shape index (κ1) is 17.9. The normalized spacial score (nSPS) is 10.1. The minimum atomic E-state index is -0.693. The predicted molar refractivity (Wildman–Crippen MR) is 90.4 cm³/mol. The Hall–Kier alpha value is -2.41. The number of hydrogen-bond donors (Lipinski definition) is 1. The van der Waals surface area contributed by atoms with Crippen LogP contribution < -0.4 is 10.1 Å². The Bertz CT molecular complexity index is 734. The number of halogens is 2. The first-order chi connectivity index (χ1) is 11.4. The van der Waals surface area contributed by atoms with Crippen molar-refractivity contribution in [3.8, 4) is 5.75 Å². The van der Waals surface area contributed by atoms with Crippen molar-refractivity contribution in [3.05, 3.63) is 58.3 Å². The molecule has 0 radical (unpaired) electrons. The molecule has 0 aliphatic carbocycles. The Labute approximate surface area is 146 Å². The second-order valence-corrected chi connectivity index (χ2v) is 5.85. The summed E-state index contributed by atoms with van der Waals surface area (Å²) < 4.78 is 24.1. The third kappa shape index (κ3) is 5.66. The van der Waals surface area contributed by atoms with Gasteiger partial charge >= 0.3 is 5.97 Å². The molecule has 1 N–H and O–H groups in total. The average Bonchev–Trinajstić information content (AvgIpc) is 2.55. The lowest BCUT2D eigenvalue weighted by Crippen LogP contribution is -2.24. The molecule has 0 bridgehead atoms. The summed E-state index contributed by atoms with van der Waals surface area (Å²) in [5.74, 6) is -1.40. The molecule has 126 valence electrons. The van der Waals surface area contributed by atoms with Crippen molar-refractivity contribution in [1.82, 2.24) is 0 Å². The van der Waals surface area contributed by atoms with E-state index in [2.05, 4.69) is 21.2 Å². The SMILES string of the molecule is Cc1ccc(OCC(=O)OCC(=O)Nc2ccc(Br)cc2F)cc1. The summed E-state index contributed by atoms with van der Waals surface area (Å²) in [5.41, 5.74) is 1.08. The van der Waals surface area contributed by atoms with Gasteiger partial charge in [-0.25, -0.2) is 9.18 Å². The van der Waals surface area contributed by atoms with Gasteiger partial charge in [0.2, 0.25) is 0 Å². The molecule has 0 saturated carbocycles. The average molecular weight is 396 g/mol. The van der Waals surface area contributed by atoms with E-state index in [1.807, 2.05) is 19.1 Å². The Morgan fingerprint density at radius 3 is 2.50 bits per heavy atom. The topological polar surface area (TPSA) is 64.6 Å². The van der Waals surface area contributed by atoms with E-state index in [0.29, 0.717) is 10.2 Å². The summed E-state index contributed by atoms with van der Waals surface area (Å²) in [6.07, 6.45) is 0. The largest absolute Gasteiger partial charge is 0.482 e. The number of carbonyl (C=O) groups excluding carboxylic acids is 2. The highest BCUT2D eigenvalue weighted by molar-refractivity contribution is 9.10. The Kier molecular flexibility index (Phi) is 6.31. The van der Waals surface area contributed by atoms with Crippen LogP contribution in [0.4, 0.5) is 10.1 Å². The van der Waals surface area contributed by atoms with Gasteiger partial charge in [-0.2, -0.15) is 0 Å². The molecule has 0 spiro atoms. The van der Waals surface area contributed by atoms with Crippen LogP contribution in [0.3, 0.4) is 0 Å². The number of ether oxygens (including phenoxy) is 2. The standard InChI is InChI=1S/C17H15BrFNO4/c1-11-2-5-13(6-3-11)23-10-17(22)24-9-16(21)20-15-7-4-12(18)8-14(15)19/h2-8H,9-10H2,1H3,(H,20,21). The van der Waals surface area contributed by atoms with Gasteiger partial charge in [0.1, 0.15) is 11.6 Å². The summed E-state index contributed by atoms with van der Waals surface area (Å²) in [6.45, 7) is 1.10. The molecule has 0 atom stereocenters. The summed E-state index contributed by atoms with van der Waals surface area (Å²) >= 11 is 3.12. The molecular weight excluding hydrogens is 381 g/mol. The highest BCUT2D eigenvalue weighted by atomic mass is 79.9. The van der Waals surface area contributed by atoms with Crippen LogP contribution in [0, 0.1) is 12.7 Å². The monoisotopic (exact) mass is 395 g/mol. The summed E-state index contributed by atoms with van der Waals surface area (Å²) in [5, 5.41) is 2.32. The molecule has 2 rings (SSSR count). The number of anilines is 1. The number of benzene rings is 2. The van der Waals surface area contributed by atoms with Gasteiger partial charge in [0.15, 0.2) is 13.2 Å². The van der Waals surface area contributed by atoms with E-state index in [0.717, 1.165) is 5.56 Å². The number of rotatable bonds is 6. The molecular formula is C17H15BrFNO4. The molecule has 7 heteroatoms. The van der Waals surface area contributed by atoms with E-state index in [1.54, 1.807) is 18.2 Å². The molecule has 0 aromatic heterocycles. The molecule has 0 aliphatic heterocycles. The fourth-order valence-electron chi connectivity index (χ4n) is 1.74.